The summed E-state index contributed by atoms with van der Waals surface area (Å²) in [5, 5.41) is 10.6. The average molecular weight is 245 g/mol. The highest BCUT2D eigenvalue weighted by molar-refractivity contribution is 5.76. The van der Waals surface area contributed by atoms with Gasteiger partial charge in [-0.2, -0.15) is 0 Å². The molecule has 1 radical (unpaired) electrons. The fourth-order valence-corrected chi connectivity index (χ4v) is 2.39. The van der Waals surface area contributed by atoms with Crippen LogP contribution in [-0.4, -0.2) is 18.0 Å². The van der Waals surface area contributed by atoms with Crippen LogP contribution in [0.2, 0.25) is 0 Å². The van der Waals surface area contributed by atoms with E-state index in [1.165, 1.54) is 0 Å². The van der Waals surface area contributed by atoms with Gasteiger partial charge in [0.15, 0.2) is 0 Å². The molecule has 0 atom stereocenters. The first kappa shape index (κ1) is 12.9. The molecule has 0 aliphatic heterocycles. The topological polar surface area (TPSA) is 45.1 Å². The van der Waals surface area contributed by atoms with Gasteiger partial charge in [-0.15, -0.1) is 0 Å². The number of rotatable bonds is 3. The van der Waals surface area contributed by atoms with Crippen molar-refractivity contribution in [1.29, 1.82) is 5.41 Å². The zero-order valence-corrected chi connectivity index (χ0v) is 10.9. The van der Waals surface area contributed by atoms with E-state index >= 15 is 0 Å². The molecule has 0 unspecified atom stereocenters. The lowest BCUT2D eigenvalue weighted by Gasteiger charge is -2.29. The number of hydrogen-bond acceptors (Lipinski definition) is 2. The summed E-state index contributed by atoms with van der Waals surface area (Å²) in [5.41, 5.74) is 1.01. The number of ether oxygens (including phenoxy) is 1. The van der Waals surface area contributed by atoms with Crippen LogP contribution < -0.4 is 10.1 Å². The van der Waals surface area contributed by atoms with E-state index in [9.17, 15) is 0 Å². The molecule has 0 bridgehead atoms. The Labute approximate surface area is 109 Å². The quantitative estimate of drug-likeness (QED) is 0.634. The molecule has 97 valence electrons. The zero-order chi connectivity index (χ0) is 13.0. The largest absolute Gasteiger partial charge is 0.490 e. The summed E-state index contributed by atoms with van der Waals surface area (Å²) in [6, 6.07) is 8.36. The minimum atomic E-state index is 0.310. The van der Waals surface area contributed by atoms with Gasteiger partial charge < -0.3 is 10.1 Å². The van der Waals surface area contributed by atoms with Gasteiger partial charge in [-0.05, 0) is 57.2 Å². The van der Waals surface area contributed by atoms with Crippen molar-refractivity contribution in [2.75, 3.05) is 0 Å². The van der Waals surface area contributed by atoms with Crippen molar-refractivity contribution in [3.63, 3.8) is 0 Å². The van der Waals surface area contributed by atoms with E-state index < -0.39 is 0 Å². The number of benzene rings is 1. The van der Waals surface area contributed by atoms with E-state index in [4.69, 9.17) is 10.1 Å². The van der Waals surface area contributed by atoms with Crippen LogP contribution in [-0.2, 0) is 0 Å². The predicted molar refractivity (Wildman–Crippen MR) is 74.1 cm³/mol. The van der Waals surface area contributed by atoms with E-state index in [0.29, 0.717) is 18.0 Å². The predicted octanol–water partition coefficient (Wildman–Crippen LogP) is 3.15. The van der Waals surface area contributed by atoms with Crippen LogP contribution in [0.4, 0.5) is 0 Å². The molecule has 1 aliphatic carbocycles. The third-order valence-electron chi connectivity index (χ3n) is 3.32. The number of nitrogens with one attached hydrogen (secondary N) is 2. The highest BCUT2D eigenvalue weighted by Crippen LogP contribution is 2.24. The molecule has 2 N–H and O–H groups in total. The maximum absolute atomic E-state index is 7.43. The molecule has 3 nitrogen and oxygen atoms in total. The molecule has 0 aromatic heterocycles. The Morgan fingerprint density at radius 2 is 1.83 bits per heavy atom. The Morgan fingerprint density at radius 1 is 1.22 bits per heavy atom. The van der Waals surface area contributed by atoms with Crippen LogP contribution in [0.3, 0.4) is 0 Å². The average Bonchev–Trinajstić information content (AvgIpc) is 2.34. The van der Waals surface area contributed by atoms with Crippen LogP contribution in [0.1, 0.15) is 38.2 Å². The maximum atomic E-state index is 7.43. The molecule has 2 rings (SSSR count). The van der Waals surface area contributed by atoms with Crippen LogP contribution >= 0.6 is 0 Å². The molecule has 0 heterocycles. The molecule has 3 heteroatoms. The standard InChI is InChI=1S/C15H21N2O/c1-11-3-7-14(8-4-11)18-15-9-5-13(6-10-15)17-12(2)16/h3-4,7-8,13,15H,1,5-6,9-10H2,2H3,(H2,16,17). The van der Waals surface area contributed by atoms with E-state index in [-0.39, 0.29) is 0 Å². The van der Waals surface area contributed by atoms with Crippen molar-refractivity contribution in [1.82, 2.24) is 5.32 Å². The molecule has 1 aromatic carbocycles. The Kier molecular flexibility index (Phi) is 4.24. The highest BCUT2D eigenvalue weighted by atomic mass is 16.5. The summed E-state index contributed by atoms with van der Waals surface area (Å²) < 4.78 is 5.95. The zero-order valence-electron chi connectivity index (χ0n) is 10.9. The van der Waals surface area contributed by atoms with E-state index in [2.05, 4.69) is 12.2 Å². The molecule has 1 fully saturated rings. The summed E-state index contributed by atoms with van der Waals surface area (Å²) >= 11 is 0. The second-order valence-electron chi connectivity index (χ2n) is 5.00. The SMILES string of the molecule is [CH2]c1ccc(OC2CCC(NC(C)=N)CC2)cc1. The first-order valence-corrected chi connectivity index (χ1v) is 6.54. The number of hydrogen-bond donors (Lipinski definition) is 2. The summed E-state index contributed by atoms with van der Waals surface area (Å²) in [5.74, 6) is 1.49. The van der Waals surface area contributed by atoms with E-state index in [1.807, 2.05) is 24.3 Å². The second kappa shape index (κ2) is 5.89. The summed E-state index contributed by atoms with van der Waals surface area (Å²) in [6.07, 6.45) is 4.57. The van der Waals surface area contributed by atoms with Gasteiger partial charge in [0, 0.05) is 6.04 Å². The fourth-order valence-electron chi connectivity index (χ4n) is 2.39. The van der Waals surface area contributed by atoms with Gasteiger partial charge >= 0.3 is 0 Å². The Morgan fingerprint density at radius 3 is 2.39 bits per heavy atom. The van der Waals surface area contributed by atoms with Crippen molar-refractivity contribution >= 4 is 5.84 Å². The summed E-state index contributed by atoms with van der Waals surface area (Å²) in [6.45, 7) is 5.66. The lowest BCUT2D eigenvalue weighted by atomic mass is 9.93. The minimum Gasteiger partial charge on any atom is -0.490 e. The summed E-state index contributed by atoms with van der Waals surface area (Å²) in [7, 11) is 0. The monoisotopic (exact) mass is 245 g/mol. The fraction of sp³-hybridized carbons (Fsp3) is 0.467. The lowest BCUT2D eigenvalue weighted by molar-refractivity contribution is 0.143. The normalized spacial score (nSPS) is 23.4. The van der Waals surface area contributed by atoms with Crippen LogP contribution in [0.25, 0.3) is 0 Å². The van der Waals surface area contributed by atoms with Crippen LogP contribution in [0.15, 0.2) is 24.3 Å². The van der Waals surface area contributed by atoms with Crippen molar-refractivity contribution in [2.24, 2.45) is 0 Å². The van der Waals surface area contributed by atoms with Crippen molar-refractivity contribution in [3.05, 3.63) is 36.8 Å². The molecule has 0 saturated heterocycles. The molecule has 1 aromatic rings. The van der Waals surface area contributed by atoms with E-state index in [0.717, 1.165) is 37.0 Å². The van der Waals surface area contributed by atoms with Gasteiger partial charge in [-0.25, -0.2) is 0 Å². The van der Waals surface area contributed by atoms with Crippen molar-refractivity contribution < 1.29 is 4.74 Å². The molecule has 0 spiro atoms. The van der Waals surface area contributed by atoms with E-state index in [1.54, 1.807) is 6.92 Å². The van der Waals surface area contributed by atoms with Crippen molar-refractivity contribution in [2.45, 2.75) is 44.8 Å². The molecular formula is C15H21N2O. The first-order chi connectivity index (χ1) is 8.63. The second-order valence-corrected chi connectivity index (χ2v) is 5.00. The molecule has 1 aliphatic rings. The van der Waals surface area contributed by atoms with Gasteiger partial charge in [0.25, 0.3) is 0 Å². The summed E-state index contributed by atoms with van der Waals surface area (Å²) in [4.78, 5) is 0. The van der Waals surface area contributed by atoms with Gasteiger partial charge in [0.2, 0.25) is 0 Å². The van der Waals surface area contributed by atoms with Crippen molar-refractivity contribution in [3.8, 4) is 5.75 Å². The van der Waals surface area contributed by atoms with Crippen LogP contribution in [0, 0.1) is 12.3 Å². The van der Waals surface area contributed by atoms with Gasteiger partial charge in [-0.1, -0.05) is 12.1 Å². The number of amidine groups is 1. The Balaban J connectivity index is 1.79. The Bertz CT molecular complexity index is 391. The van der Waals surface area contributed by atoms with Gasteiger partial charge in [0.1, 0.15) is 5.75 Å². The Hall–Kier alpha value is -1.51. The smallest absolute Gasteiger partial charge is 0.119 e. The molecular weight excluding hydrogens is 224 g/mol. The highest BCUT2D eigenvalue weighted by Gasteiger charge is 2.22. The minimum absolute atomic E-state index is 0.310. The first-order valence-electron chi connectivity index (χ1n) is 6.54. The lowest BCUT2D eigenvalue weighted by Crippen LogP contribution is -2.38. The van der Waals surface area contributed by atoms with Crippen LogP contribution in [0.5, 0.6) is 5.75 Å². The maximum Gasteiger partial charge on any atom is 0.119 e. The van der Waals surface area contributed by atoms with Gasteiger partial charge in [-0.3, -0.25) is 5.41 Å². The molecule has 0 amide bonds. The molecule has 18 heavy (non-hydrogen) atoms. The van der Waals surface area contributed by atoms with Gasteiger partial charge in [0.05, 0.1) is 11.9 Å². The third kappa shape index (κ3) is 3.76. The third-order valence-corrected chi connectivity index (χ3v) is 3.32. The molecule has 1 saturated carbocycles.